The van der Waals surface area contributed by atoms with Gasteiger partial charge >= 0.3 is 13.8 Å². The highest BCUT2D eigenvalue weighted by molar-refractivity contribution is 7.47. The van der Waals surface area contributed by atoms with Crippen LogP contribution in [0.5, 0.6) is 0 Å². The fourth-order valence-electron chi connectivity index (χ4n) is 6.80. The molecule has 0 bridgehead atoms. The summed E-state index contributed by atoms with van der Waals surface area (Å²) in [4.78, 5) is 22.7. The van der Waals surface area contributed by atoms with Crippen LogP contribution in [0.15, 0.2) is 60.8 Å². The number of phosphoric acid groups is 1. The molecule has 362 valence electrons. The molecule has 0 rings (SSSR count). The lowest BCUT2D eigenvalue weighted by molar-refractivity contribution is -0.154. The van der Waals surface area contributed by atoms with Gasteiger partial charge in [0.2, 0.25) is 0 Å². The van der Waals surface area contributed by atoms with Crippen LogP contribution in [0.3, 0.4) is 0 Å². The van der Waals surface area contributed by atoms with E-state index in [-0.39, 0.29) is 19.6 Å². The van der Waals surface area contributed by atoms with E-state index in [2.05, 4.69) is 74.6 Å². The largest absolute Gasteiger partial charge is 0.472 e. The number of unbranched alkanes of at least 4 members (excludes halogenated alkanes) is 24. The normalized spacial score (nSPS) is 14.3. The van der Waals surface area contributed by atoms with Crippen LogP contribution in [0.2, 0.25) is 0 Å². The van der Waals surface area contributed by atoms with Crippen LogP contribution in [-0.4, -0.2) is 66.3 Å². The number of carbonyl (C=O) groups excluding carboxylic acids is 1. The molecular formula is C52H95O9P. The zero-order chi connectivity index (χ0) is 45.3. The summed E-state index contributed by atoms with van der Waals surface area (Å²) in [5.74, 6) is -0.395. The van der Waals surface area contributed by atoms with E-state index in [1.165, 1.54) is 128 Å². The maximum absolute atomic E-state index is 12.7. The predicted octanol–water partition coefficient (Wildman–Crippen LogP) is 14.7. The van der Waals surface area contributed by atoms with Gasteiger partial charge in [-0.3, -0.25) is 13.8 Å². The summed E-state index contributed by atoms with van der Waals surface area (Å²) in [5.41, 5.74) is 0. The first kappa shape index (κ1) is 60.2. The van der Waals surface area contributed by atoms with E-state index in [1.54, 1.807) is 0 Å². The molecule has 0 heterocycles. The Morgan fingerprint density at radius 2 is 0.871 bits per heavy atom. The van der Waals surface area contributed by atoms with Crippen LogP contribution in [-0.2, 0) is 27.9 Å². The number of esters is 1. The molecule has 9 nitrogen and oxygen atoms in total. The molecule has 3 N–H and O–H groups in total. The minimum Gasteiger partial charge on any atom is -0.457 e. The van der Waals surface area contributed by atoms with Crippen molar-refractivity contribution in [3.63, 3.8) is 0 Å². The molecule has 3 unspecified atom stereocenters. The average molecular weight is 895 g/mol. The number of phosphoric ester groups is 1. The smallest absolute Gasteiger partial charge is 0.457 e. The molecule has 0 aromatic heterocycles. The van der Waals surface area contributed by atoms with Crippen LogP contribution in [0, 0.1) is 0 Å². The van der Waals surface area contributed by atoms with Gasteiger partial charge in [-0.1, -0.05) is 190 Å². The second-order valence-corrected chi connectivity index (χ2v) is 18.3. The standard InChI is InChI=1S/C52H95O9P/c1-3-5-7-9-11-13-15-17-19-21-23-25-26-28-30-32-34-36-38-40-42-44-52(55)61-51(49-60-62(56,57)59-47-50(54)46-53)48-58-45-43-41-39-37-35-33-31-29-27-24-22-20-18-16-14-12-10-8-6-4-2/h12,14-15,17-18,20-21,23,26,28,50-51,53-54H,3-11,13,16,19,22,24-25,27,29-49H2,1-2H3,(H,56,57)/b14-12-,17-15-,20-18-,23-21-,28-26-. The molecule has 62 heavy (non-hydrogen) atoms. The van der Waals surface area contributed by atoms with E-state index in [0.29, 0.717) is 13.0 Å². The summed E-state index contributed by atoms with van der Waals surface area (Å²) < 4.78 is 33.5. The second kappa shape index (κ2) is 48.6. The number of carbonyl (C=O) groups is 1. The number of rotatable bonds is 48. The molecule has 0 aliphatic rings. The quantitative estimate of drug-likeness (QED) is 0.0236. The molecular weight excluding hydrogens is 800 g/mol. The summed E-state index contributed by atoms with van der Waals surface area (Å²) in [7, 11) is -4.53. The average Bonchev–Trinajstić information content (AvgIpc) is 3.26. The minimum absolute atomic E-state index is 0.0400. The van der Waals surface area contributed by atoms with Gasteiger partial charge in [-0.15, -0.1) is 0 Å². The van der Waals surface area contributed by atoms with Crippen LogP contribution in [0.1, 0.15) is 219 Å². The van der Waals surface area contributed by atoms with Crippen molar-refractivity contribution in [2.24, 2.45) is 0 Å². The Morgan fingerprint density at radius 3 is 1.34 bits per heavy atom. The van der Waals surface area contributed by atoms with E-state index < -0.39 is 39.2 Å². The fraction of sp³-hybridized carbons (Fsp3) is 0.788. The van der Waals surface area contributed by atoms with E-state index in [1.807, 2.05) is 0 Å². The van der Waals surface area contributed by atoms with Crippen molar-refractivity contribution >= 4 is 13.8 Å². The van der Waals surface area contributed by atoms with E-state index in [0.717, 1.165) is 64.2 Å². The molecule has 0 aromatic rings. The second-order valence-electron chi connectivity index (χ2n) is 16.8. The first-order valence-electron chi connectivity index (χ1n) is 25.3. The molecule has 0 aliphatic heterocycles. The summed E-state index contributed by atoms with van der Waals surface area (Å²) in [6.45, 7) is 3.47. The summed E-state index contributed by atoms with van der Waals surface area (Å²) in [5, 5.41) is 18.4. The molecule has 0 aliphatic carbocycles. The van der Waals surface area contributed by atoms with Gasteiger partial charge in [0, 0.05) is 13.0 Å². The van der Waals surface area contributed by atoms with Crippen LogP contribution >= 0.6 is 7.82 Å². The first-order valence-corrected chi connectivity index (χ1v) is 26.8. The summed E-state index contributed by atoms with van der Waals surface area (Å²) in [6, 6.07) is 0. The lowest BCUT2D eigenvalue weighted by Gasteiger charge is -2.20. The molecule has 0 saturated carbocycles. The zero-order valence-electron chi connectivity index (χ0n) is 39.8. The molecule has 0 spiro atoms. The minimum atomic E-state index is -4.53. The Morgan fingerprint density at radius 1 is 0.500 bits per heavy atom. The van der Waals surface area contributed by atoms with Crippen molar-refractivity contribution in [1.29, 1.82) is 0 Å². The number of allylic oxidation sites excluding steroid dienone is 10. The number of hydrogen-bond donors (Lipinski definition) is 3. The van der Waals surface area contributed by atoms with Gasteiger partial charge in [0.15, 0.2) is 0 Å². The number of aliphatic hydroxyl groups is 2. The van der Waals surface area contributed by atoms with Gasteiger partial charge < -0.3 is 24.6 Å². The Hall–Kier alpha value is -1.84. The molecule has 0 radical (unpaired) electrons. The number of ether oxygens (including phenoxy) is 2. The third-order valence-corrected chi connectivity index (χ3v) is 11.6. The van der Waals surface area contributed by atoms with E-state index >= 15 is 0 Å². The maximum Gasteiger partial charge on any atom is 0.472 e. The van der Waals surface area contributed by atoms with Gasteiger partial charge in [0.05, 0.1) is 26.4 Å². The van der Waals surface area contributed by atoms with Crippen molar-refractivity contribution in [3.8, 4) is 0 Å². The lowest BCUT2D eigenvalue weighted by atomic mass is 10.1. The number of aliphatic hydroxyl groups excluding tert-OH is 2. The predicted molar refractivity (Wildman–Crippen MR) is 260 cm³/mol. The van der Waals surface area contributed by atoms with E-state index in [9.17, 15) is 19.4 Å². The highest BCUT2D eigenvalue weighted by Crippen LogP contribution is 2.43. The third kappa shape index (κ3) is 47.6. The fourth-order valence-corrected chi connectivity index (χ4v) is 7.59. The van der Waals surface area contributed by atoms with Gasteiger partial charge in [-0.2, -0.15) is 0 Å². The van der Waals surface area contributed by atoms with E-state index in [4.69, 9.17) is 23.6 Å². The lowest BCUT2D eigenvalue weighted by Crippen LogP contribution is -2.29. The highest BCUT2D eigenvalue weighted by Gasteiger charge is 2.26. The molecule has 10 heteroatoms. The Bertz CT molecular complexity index is 1150. The van der Waals surface area contributed by atoms with Gasteiger partial charge in [0.25, 0.3) is 0 Å². The molecule has 3 atom stereocenters. The SMILES string of the molecule is CCCCC/C=C\C/C=C\CCCCCCCCCCCCOCC(COP(=O)(O)OCC(O)CO)OC(=O)CCCCCCCC/C=C\C/C=C\C/C=C\CCCCCCC. The van der Waals surface area contributed by atoms with Crippen molar-refractivity contribution < 1.29 is 43.0 Å². The maximum atomic E-state index is 12.7. The Labute approximate surface area is 380 Å². The molecule has 0 amide bonds. The van der Waals surface area contributed by atoms with Crippen LogP contribution in [0.25, 0.3) is 0 Å². The van der Waals surface area contributed by atoms with Crippen molar-refractivity contribution in [1.82, 2.24) is 0 Å². The van der Waals surface area contributed by atoms with Gasteiger partial charge in [-0.05, 0) is 83.5 Å². The third-order valence-electron chi connectivity index (χ3n) is 10.7. The Kier molecular flexibility index (Phi) is 47.2. The molecule has 0 aromatic carbocycles. The van der Waals surface area contributed by atoms with Crippen molar-refractivity contribution in [2.75, 3.05) is 33.0 Å². The summed E-state index contributed by atoms with van der Waals surface area (Å²) in [6.07, 6.45) is 57.5. The topological polar surface area (TPSA) is 132 Å². The molecule has 0 saturated heterocycles. The summed E-state index contributed by atoms with van der Waals surface area (Å²) >= 11 is 0. The van der Waals surface area contributed by atoms with Crippen LogP contribution < -0.4 is 0 Å². The highest BCUT2D eigenvalue weighted by atomic mass is 31.2. The first-order chi connectivity index (χ1) is 30.3. The van der Waals surface area contributed by atoms with Gasteiger partial charge in [-0.25, -0.2) is 4.57 Å². The zero-order valence-corrected chi connectivity index (χ0v) is 40.7. The number of hydrogen-bond acceptors (Lipinski definition) is 8. The Balaban J connectivity index is 4.13. The van der Waals surface area contributed by atoms with Gasteiger partial charge in [0.1, 0.15) is 12.2 Å². The van der Waals surface area contributed by atoms with Crippen molar-refractivity contribution in [2.45, 2.75) is 232 Å². The molecule has 0 fully saturated rings. The monoisotopic (exact) mass is 895 g/mol. The van der Waals surface area contributed by atoms with Crippen LogP contribution in [0.4, 0.5) is 0 Å². The van der Waals surface area contributed by atoms with Crippen molar-refractivity contribution in [3.05, 3.63) is 60.8 Å².